The van der Waals surface area contributed by atoms with Crippen molar-refractivity contribution < 1.29 is 4.42 Å². The molecule has 1 nitrogen and oxygen atoms in total. The molecule has 0 N–H and O–H groups in total. The monoisotopic (exact) mass is 214 g/mol. The lowest BCUT2D eigenvalue weighted by molar-refractivity contribution is 0.526. The maximum atomic E-state index is 5.28. The van der Waals surface area contributed by atoms with E-state index >= 15 is 0 Å². The van der Waals surface area contributed by atoms with Crippen LogP contribution in [0.25, 0.3) is 0 Å². The third-order valence-corrected chi connectivity index (χ3v) is 5.52. The second-order valence-corrected chi connectivity index (χ2v) is 6.13. The zero-order chi connectivity index (χ0) is 9.26. The Bertz CT molecular complexity index is 282. The van der Waals surface area contributed by atoms with Crippen molar-refractivity contribution in [2.45, 2.75) is 35.7 Å². The number of furan rings is 1. The van der Waals surface area contributed by atoms with Gasteiger partial charge >= 0.3 is 0 Å². The molecule has 1 fully saturated rings. The molecule has 2 atom stereocenters. The van der Waals surface area contributed by atoms with Crippen molar-refractivity contribution in [2.24, 2.45) is 0 Å². The largest absolute Gasteiger partial charge is 0.468 e. The Balaban J connectivity index is 2.01. The molecule has 1 aromatic rings. The first kappa shape index (κ1) is 9.53. The highest BCUT2D eigenvalue weighted by Crippen LogP contribution is 2.39. The van der Waals surface area contributed by atoms with Gasteiger partial charge in [-0.1, -0.05) is 6.92 Å². The smallest absolute Gasteiger partial charge is 0.114 e. The molecule has 1 aliphatic heterocycles. The minimum Gasteiger partial charge on any atom is -0.468 e. The molecule has 1 saturated heterocycles. The van der Waals surface area contributed by atoms with Crippen molar-refractivity contribution in [1.29, 1.82) is 0 Å². The Morgan fingerprint density at radius 3 is 3.00 bits per heavy atom. The lowest BCUT2D eigenvalue weighted by Crippen LogP contribution is -2.08. The van der Waals surface area contributed by atoms with Crippen LogP contribution >= 0.6 is 23.5 Å². The van der Waals surface area contributed by atoms with Crippen LogP contribution in [0.2, 0.25) is 0 Å². The van der Waals surface area contributed by atoms with Crippen LogP contribution in [0.3, 0.4) is 0 Å². The maximum absolute atomic E-state index is 5.28. The van der Waals surface area contributed by atoms with Crippen molar-refractivity contribution in [3.63, 3.8) is 0 Å². The van der Waals surface area contributed by atoms with Crippen molar-refractivity contribution >= 4 is 23.5 Å². The van der Waals surface area contributed by atoms with Gasteiger partial charge in [0.05, 0.1) is 6.26 Å². The van der Waals surface area contributed by atoms with Crippen LogP contribution in [0.15, 0.2) is 21.6 Å². The fourth-order valence-electron chi connectivity index (χ4n) is 1.53. The highest BCUT2D eigenvalue weighted by Gasteiger charge is 2.25. The molecular weight excluding hydrogens is 200 g/mol. The zero-order valence-electron chi connectivity index (χ0n) is 7.95. The third kappa shape index (κ3) is 2.08. The Kier molecular flexibility index (Phi) is 2.94. The summed E-state index contributed by atoms with van der Waals surface area (Å²) in [5.41, 5.74) is 0. The van der Waals surface area contributed by atoms with E-state index in [0.717, 1.165) is 16.3 Å². The minimum absolute atomic E-state index is 0.779. The number of hydrogen-bond acceptors (Lipinski definition) is 3. The van der Waals surface area contributed by atoms with E-state index in [1.54, 1.807) is 6.26 Å². The van der Waals surface area contributed by atoms with E-state index in [9.17, 15) is 0 Å². The molecule has 3 heteroatoms. The van der Waals surface area contributed by atoms with E-state index in [-0.39, 0.29) is 0 Å². The predicted octanol–water partition coefficient (Wildman–Crippen LogP) is 3.57. The molecule has 0 amide bonds. The first-order valence-corrected chi connectivity index (χ1v) is 6.52. The summed E-state index contributed by atoms with van der Waals surface area (Å²) in [6, 6.07) is 2.08. The summed E-state index contributed by atoms with van der Waals surface area (Å²) in [5.74, 6) is 2.38. The van der Waals surface area contributed by atoms with Gasteiger partial charge in [-0.3, -0.25) is 0 Å². The van der Waals surface area contributed by atoms with Gasteiger partial charge in [0.2, 0.25) is 0 Å². The van der Waals surface area contributed by atoms with Gasteiger partial charge in [0, 0.05) is 15.4 Å². The van der Waals surface area contributed by atoms with Crippen molar-refractivity contribution in [3.8, 4) is 0 Å². The summed E-state index contributed by atoms with van der Waals surface area (Å²) in [5, 5.41) is 1.57. The van der Waals surface area contributed by atoms with Gasteiger partial charge < -0.3 is 4.42 Å². The topological polar surface area (TPSA) is 13.1 Å². The molecule has 1 aliphatic rings. The van der Waals surface area contributed by atoms with E-state index in [4.69, 9.17) is 4.42 Å². The highest BCUT2D eigenvalue weighted by atomic mass is 32.2. The first-order valence-electron chi connectivity index (χ1n) is 4.59. The standard InChI is InChI=1S/C10H14OS2/c1-7-9(3-5-11-7)13-10-4-6-12-8(10)2/h3,5,8,10H,4,6H2,1-2H3. The summed E-state index contributed by atoms with van der Waals surface area (Å²) in [6.45, 7) is 4.36. The summed E-state index contributed by atoms with van der Waals surface area (Å²) >= 11 is 4.06. The molecule has 0 bridgehead atoms. The van der Waals surface area contributed by atoms with Crippen LogP contribution in [0.5, 0.6) is 0 Å². The number of rotatable bonds is 2. The Morgan fingerprint density at radius 2 is 2.46 bits per heavy atom. The maximum Gasteiger partial charge on any atom is 0.114 e. The molecule has 0 spiro atoms. The van der Waals surface area contributed by atoms with Crippen molar-refractivity contribution in [3.05, 3.63) is 18.1 Å². The number of aryl methyl sites for hydroxylation is 1. The molecule has 2 heterocycles. The van der Waals surface area contributed by atoms with Crippen molar-refractivity contribution in [2.75, 3.05) is 5.75 Å². The highest BCUT2D eigenvalue weighted by molar-refractivity contribution is 8.04. The second-order valence-electron chi connectivity index (χ2n) is 3.36. The minimum atomic E-state index is 0.779. The van der Waals surface area contributed by atoms with Crippen LogP contribution in [0.1, 0.15) is 19.1 Å². The summed E-state index contributed by atoms with van der Waals surface area (Å²) in [7, 11) is 0. The lowest BCUT2D eigenvalue weighted by atomic mass is 10.3. The molecule has 13 heavy (non-hydrogen) atoms. The summed E-state index contributed by atoms with van der Waals surface area (Å²) in [6.07, 6.45) is 3.12. The molecule has 2 rings (SSSR count). The number of thioether (sulfide) groups is 2. The van der Waals surface area contributed by atoms with Crippen LogP contribution in [-0.4, -0.2) is 16.3 Å². The van der Waals surface area contributed by atoms with E-state index in [0.29, 0.717) is 0 Å². The Labute approximate surface area is 87.7 Å². The van der Waals surface area contributed by atoms with E-state index < -0.39 is 0 Å². The molecule has 0 aromatic carbocycles. The molecule has 0 aliphatic carbocycles. The van der Waals surface area contributed by atoms with E-state index in [1.807, 2.05) is 18.7 Å². The lowest BCUT2D eigenvalue weighted by Gasteiger charge is -2.12. The molecule has 0 radical (unpaired) electrons. The van der Waals surface area contributed by atoms with Gasteiger partial charge in [-0.15, -0.1) is 11.8 Å². The van der Waals surface area contributed by atoms with Gasteiger partial charge in [-0.25, -0.2) is 0 Å². The second kappa shape index (κ2) is 4.01. The average Bonchev–Trinajstić information content (AvgIpc) is 2.65. The molecule has 0 saturated carbocycles. The molecule has 2 unspecified atom stereocenters. The third-order valence-electron chi connectivity index (χ3n) is 2.40. The van der Waals surface area contributed by atoms with Gasteiger partial charge in [0.1, 0.15) is 5.76 Å². The normalized spacial score (nSPS) is 28.2. The SMILES string of the molecule is Cc1occc1SC1CCSC1C. The average molecular weight is 214 g/mol. The van der Waals surface area contributed by atoms with Crippen molar-refractivity contribution in [1.82, 2.24) is 0 Å². The molecule has 72 valence electrons. The van der Waals surface area contributed by atoms with Gasteiger partial charge in [0.25, 0.3) is 0 Å². The van der Waals surface area contributed by atoms with Gasteiger partial charge in [0.15, 0.2) is 0 Å². The van der Waals surface area contributed by atoms with E-state index in [2.05, 4.69) is 24.8 Å². The summed E-state index contributed by atoms with van der Waals surface area (Å²) < 4.78 is 5.28. The fraction of sp³-hybridized carbons (Fsp3) is 0.600. The summed E-state index contributed by atoms with van der Waals surface area (Å²) in [4.78, 5) is 1.32. The Morgan fingerprint density at radius 1 is 1.62 bits per heavy atom. The Hall–Kier alpha value is -0.0200. The zero-order valence-corrected chi connectivity index (χ0v) is 9.58. The predicted molar refractivity (Wildman–Crippen MR) is 59.6 cm³/mol. The van der Waals surface area contributed by atoms with Crippen LogP contribution < -0.4 is 0 Å². The quantitative estimate of drug-likeness (QED) is 0.747. The van der Waals surface area contributed by atoms with Gasteiger partial charge in [-0.2, -0.15) is 11.8 Å². The molecular formula is C10H14OS2. The number of hydrogen-bond donors (Lipinski definition) is 0. The van der Waals surface area contributed by atoms with Crippen LogP contribution in [0, 0.1) is 6.92 Å². The van der Waals surface area contributed by atoms with Gasteiger partial charge in [-0.05, 0) is 25.2 Å². The fourth-order valence-corrected chi connectivity index (χ4v) is 4.29. The van der Waals surface area contributed by atoms with Crippen LogP contribution in [-0.2, 0) is 0 Å². The first-order chi connectivity index (χ1) is 6.27. The molecule has 1 aromatic heterocycles. The van der Waals surface area contributed by atoms with Crippen LogP contribution in [0.4, 0.5) is 0 Å². The van der Waals surface area contributed by atoms with E-state index in [1.165, 1.54) is 17.1 Å².